The second-order valence-corrected chi connectivity index (χ2v) is 8.59. The van der Waals surface area contributed by atoms with Gasteiger partial charge in [0.05, 0.1) is 12.0 Å². The number of aromatic nitrogens is 3. The van der Waals surface area contributed by atoms with Gasteiger partial charge in [0.2, 0.25) is 0 Å². The molecule has 0 bridgehead atoms. The van der Waals surface area contributed by atoms with E-state index in [1.54, 1.807) is 12.3 Å². The Morgan fingerprint density at radius 3 is 2.71 bits per heavy atom. The molecule has 2 rings (SSSR count). The Kier molecular flexibility index (Phi) is 5.10. The summed E-state index contributed by atoms with van der Waals surface area (Å²) >= 11 is 1.40. The van der Waals surface area contributed by atoms with Gasteiger partial charge in [-0.1, -0.05) is 25.6 Å². The predicted octanol–water partition coefficient (Wildman–Crippen LogP) is 2.33. The van der Waals surface area contributed by atoms with Gasteiger partial charge in [0, 0.05) is 18.6 Å². The second kappa shape index (κ2) is 6.65. The number of nitrogens with zero attached hydrogens (tertiary/aromatic N) is 3. The van der Waals surface area contributed by atoms with Crippen molar-refractivity contribution < 1.29 is 12.8 Å². The quantitative estimate of drug-likeness (QED) is 0.726. The summed E-state index contributed by atoms with van der Waals surface area (Å²) in [5.74, 6) is 2.35. The SMILES string of the molecule is CC(C)Cn1c(SCCS(C)(=O)=O)nnc1-c1ccco1. The fourth-order valence-corrected chi connectivity index (χ4v) is 3.94. The van der Waals surface area contributed by atoms with E-state index in [0.717, 1.165) is 11.7 Å². The van der Waals surface area contributed by atoms with Crippen LogP contribution in [0.15, 0.2) is 28.0 Å². The summed E-state index contributed by atoms with van der Waals surface area (Å²) in [5.41, 5.74) is 0. The third kappa shape index (κ3) is 4.60. The second-order valence-electron chi connectivity index (χ2n) is 5.27. The highest BCUT2D eigenvalue weighted by molar-refractivity contribution is 8.00. The highest BCUT2D eigenvalue weighted by Gasteiger charge is 2.17. The normalized spacial score (nSPS) is 12.2. The molecule has 0 unspecified atom stereocenters. The minimum absolute atomic E-state index is 0.127. The molecule has 6 nitrogen and oxygen atoms in total. The maximum atomic E-state index is 11.2. The molecule has 2 aromatic rings. The zero-order chi connectivity index (χ0) is 15.5. The van der Waals surface area contributed by atoms with Gasteiger partial charge in [-0.05, 0) is 18.1 Å². The number of sulfone groups is 1. The third-order valence-corrected chi connectivity index (χ3v) is 4.86. The van der Waals surface area contributed by atoms with Crippen LogP contribution in [0.1, 0.15) is 13.8 Å². The molecule has 0 atom stereocenters. The summed E-state index contributed by atoms with van der Waals surface area (Å²) in [5, 5.41) is 9.06. The largest absolute Gasteiger partial charge is 0.461 e. The molecule has 0 saturated heterocycles. The Labute approximate surface area is 128 Å². The first-order valence-electron chi connectivity index (χ1n) is 6.64. The molecule has 116 valence electrons. The maximum absolute atomic E-state index is 11.2. The minimum Gasteiger partial charge on any atom is -0.461 e. The molecule has 0 aromatic carbocycles. The summed E-state index contributed by atoms with van der Waals surface area (Å²) in [6.07, 6.45) is 2.83. The van der Waals surface area contributed by atoms with Gasteiger partial charge in [0.15, 0.2) is 16.7 Å². The minimum atomic E-state index is -2.96. The van der Waals surface area contributed by atoms with Crippen molar-refractivity contribution in [2.45, 2.75) is 25.5 Å². The van der Waals surface area contributed by atoms with Gasteiger partial charge in [-0.25, -0.2) is 8.42 Å². The van der Waals surface area contributed by atoms with Crippen molar-refractivity contribution in [1.82, 2.24) is 14.8 Å². The molecular formula is C13H19N3O3S2. The van der Waals surface area contributed by atoms with Crippen molar-refractivity contribution in [3.05, 3.63) is 18.4 Å². The van der Waals surface area contributed by atoms with Crippen LogP contribution < -0.4 is 0 Å². The molecule has 2 heterocycles. The van der Waals surface area contributed by atoms with Gasteiger partial charge in [-0.3, -0.25) is 4.57 Å². The first kappa shape index (κ1) is 16.1. The average Bonchev–Trinajstić information content (AvgIpc) is 2.97. The molecule has 0 aliphatic heterocycles. The lowest BCUT2D eigenvalue weighted by Gasteiger charge is -2.11. The van der Waals surface area contributed by atoms with E-state index in [2.05, 4.69) is 24.0 Å². The smallest absolute Gasteiger partial charge is 0.200 e. The molecule has 0 amide bonds. The molecule has 0 saturated carbocycles. The number of thioether (sulfide) groups is 1. The first-order chi connectivity index (χ1) is 9.87. The van der Waals surface area contributed by atoms with Gasteiger partial charge < -0.3 is 4.42 Å². The van der Waals surface area contributed by atoms with Crippen molar-refractivity contribution in [1.29, 1.82) is 0 Å². The lowest BCUT2D eigenvalue weighted by Crippen LogP contribution is -2.09. The van der Waals surface area contributed by atoms with Crippen molar-refractivity contribution in [3.63, 3.8) is 0 Å². The van der Waals surface area contributed by atoms with Crippen LogP contribution in [0.4, 0.5) is 0 Å². The van der Waals surface area contributed by atoms with E-state index in [0.29, 0.717) is 23.3 Å². The Morgan fingerprint density at radius 2 is 2.14 bits per heavy atom. The Bertz CT molecular complexity index is 676. The number of hydrogen-bond donors (Lipinski definition) is 0. The molecule has 0 N–H and O–H groups in total. The zero-order valence-corrected chi connectivity index (χ0v) is 13.9. The number of hydrogen-bond acceptors (Lipinski definition) is 6. The fraction of sp³-hybridized carbons (Fsp3) is 0.538. The van der Waals surface area contributed by atoms with Gasteiger partial charge in [-0.15, -0.1) is 10.2 Å². The molecule has 0 radical (unpaired) electrons. The average molecular weight is 329 g/mol. The molecular weight excluding hydrogens is 310 g/mol. The Hall–Kier alpha value is -1.28. The third-order valence-electron chi connectivity index (χ3n) is 2.69. The van der Waals surface area contributed by atoms with Gasteiger partial charge in [-0.2, -0.15) is 0 Å². The summed E-state index contributed by atoms with van der Waals surface area (Å²) in [7, 11) is -2.96. The Balaban J connectivity index is 2.21. The van der Waals surface area contributed by atoms with Crippen LogP contribution in [-0.2, 0) is 16.4 Å². The van der Waals surface area contributed by atoms with E-state index in [4.69, 9.17) is 4.42 Å². The summed E-state index contributed by atoms with van der Waals surface area (Å²) in [4.78, 5) is 0. The molecule has 0 aliphatic carbocycles. The van der Waals surface area contributed by atoms with E-state index >= 15 is 0 Å². The predicted molar refractivity (Wildman–Crippen MR) is 83.0 cm³/mol. The van der Waals surface area contributed by atoms with E-state index in [1.807, 2.05) is 10.6 Å². The summed E-state index contributed by atoms with van der Waals surface area (Å²) < 4.78 is 29.8. The zero-order valence-electron chi connectivity index (χ0n) is 12.3. The highest BCUT2D eigenvalue weighted by atomic mass is 32.2. The monoisotopic (exact) mass is 329 g/mol. The standard InChI is InChI=1S/C13H19N3O3S2/c1-10(2)9-16-12(11-5-4-6-19-11)14-15-13(16)20-7-8-21(3,17)18/h4-6,10H,7-9H2,1-3H3. The van der Waals surface area contributed by atoms with Crippen LogP contribution in [0.25, 0.3) is 11.6 Å². The van der Waals surface area contributed by atoms with Crippen LogP contribution >= 0.6 is 11.8 Å². The molecule has 0 aliphatic rings. The fourth-order valence-electron chi connectivity index (χ4n) is 1.80. The Morgan fingerprint density at radius 1 is 1.38 bits per heavy atom. The van der Waals surface area contributed by atoms with Crippen LogP contribution in [0.3, 0.4) is 0 Å². The van der Waals surface area contributed by atoms with Crippen LogP contribution in [0, 0.1) is 5.92 Å². The molecule has 0 fully saturated rings. The van der Waals surface area contributed by atoms with Crippen molar-refractivity contribution >= 4 is 21.6 Å². The van der Waals surface area contributed by atoms with E-state index in [1.165, 1.54) is 18.0 Å². The van der Waals surface area contributed by atoms with Crippen molar-refractivity contribution in [2.75, 3.05) is 17.8 Å². The van der Waals surface area contributed by atoms with Crippen LogP contribution in [0.5, 0.6) is 0 Å². The van der Waals surface area contributed by atoms with Gasteiger partial charge in [0.1, 0.15) is 9.84 Å². The van der Waals surface area contributed by atoms with Crippen molar-refractivity contribution in [3.8, 4) is 11.6 Å². The van der Waals surface area contributed by atoms with E-state index in [9.17, 15) is 8.42 Å². The van der Waals surface area contributed by atoms with E-state index in [-0.39, 0.29) is 5.75 Å². The number of furan rings is 1. The lowest BCUT2D eigenvalue weighted by molar-refractivity contribution is 0.489. The topological polar surface area (TPSA) is 78.0 Å². The maximum Gasteiger partial charge on any atom is 0.200 e. The van der Waals surface area contributed by atoms with Gasteiger partial charge in [0.25, 0.3) is 0 Å². The van der Waals surface area contributed by atoms with Gasteiger partial charge >= 0.3 is 0 Å². The molecule has 8 heteroatoms. The van der Waals surface area contributed by atoms with Crippen LogP contribution in [-0.4, -0.2) is 40.9 Å². The van der Waals surface area contributed by atoms with Crippen molar-refractivity contribution in [2.24, 2.45) is 5.92 Å². The number of rotatable bonds is 7. The van der Waals surface area contributed by atoms with E-state index < -0.39 is 9.84 Å². The first-order valence-corrected chi connectivity index (χ1v) is 9.69. The highest BCUT2D eigenvalue weighted by Crippen LogP contribution is 2.25. The van der Waals surface area contributed by atoms with Crippen LogP contribution in [0.2, 0.25) is 0 Å². The summed E-state index contributed by atoms with van der Waals surface area (Å²) in [6.45, 7) is 4.97. The molecule has 0 spiro atoms. The molecule has 21 heavy (non-hydrogen) atoms. The summed E-state index contributed by atoms with van der Waals surface area (Å²) in [6, 6.07) is 3.64. The molecule has 2 aromatic heterocycles. The lowest BCUT2D eigenvalue weighted by atomic mass is 10.2.